The SMILES string of the molecule is CCOC(=O)c1cc([C@H](C)O[Si](c2ccccc2)(c2ccccc2)C(C)(C)C)[nH]n1. The highest BCUT2D eigenvalue weighted by Crippen LogP contribution is 2.39. The van der Waals surface area contributed by atoms with Crippen molar-refractivity contribution in [2.24, 2.45) is 0 Å². The quantitative estimate of drug-likeness (QED) is 0.457. The van der Waals surface area contributed by atoms with Gasteiger partial charge in [-0.3, -0.25) is 5.10 Å². The first-order valence-corrected chi connectivity index (χ1v) is 12.2. The zero-order valence-electron chi connectivity index (χ0n) is 18.3. The van der Waals surface area contributed by atoms with Gasteiger partial charge in [-0.2, -0.15) is 5.10 Å². The summed E-state index contributed by atoms with van der Waals surface area (Å²) in [6.45, 7) is 10.8. The van der Waals surface area contributed by atoms with E-state index in [0.29, 0.717) is 6.61 Å². The van der Waals surface area contributed by atoms with Gasteiger partial charge in [-0.1, -0.05) is 81.4 Å². The minimum Gasteiger partial charge on any atom is -0.461 e. The van der Waals surface area contributed by atoms with E-state index < -0.39 is 14.3 Å². The molecule has 0 unspecified atom stereocenters. The van der Waals surface area contributed by atoms with E-state index in [9.17, 15) is 4.79 Å². The smallest absolute Gasteiger partial charge is 0.358 e. The summed E-state index contributed by atoms with van der Waals surface area (Å²) in [5.74, 6) is -0.433. The second-order valence-corrected chi connectivity index (χ2v) is 12.6. The van der Waals surface area contributed by atoms with Gasteiger partial charge in [0, 0.05) is 0 Å². The van der Waals surface area contributed by atoms with E-state index in [0.717, 1.165) is 5.69 Å². The van der Waals surface area contributed by atoms with E-state index in [1.165, 1.54) is 10.4 Å². The van der Waals surface area contributed by atoms with Crippen molar-refractivity contribution in [3.63, 3.8) is 0 Å². The second kappa shape index (κ2) is 8.98. The van der Waals surface area contributed by atoms with Gasteiger partial charge < -0.3 is 9.16 Å². The first-order chi connectivity index (χ1) is 14.3. The van der Waals surface area contributed by atoms with Gasteiger partial charge in [0.05, 0.1) is 18.4 Å². The third kappa shape index (κ3) is 4.25. The van der Waals surface area contributed by atoms with Gasteiger partial charge in [-0.05, 0) is 35.3 Å². The van der Waals surface area contributed by atoms with Crippen LogP contribution in [0.3, 0.4) is 0 Å². The van der Waals surface area contributed by atoms with Gasteiger partial charge in [0.15, 0.2) is 5.69 Å². The molecule has 1 aromatic heterocycles. The average molecular weight is 423 g/mol. The maximum atomic E-state index is 12.0. The Hall–Kier alpha value is -2.70. The number of H-pyrrole nitrogens is 1. The number of carbonyl (C=O) groups is 1. The number of aromatic amines is 1. The molecule has 1 N–H and O–H groups in total. The minimum absolute atomic E-state index is 0.131. The fourth-order valence-corrected chi connectivity index (χ4v) is 8.55. The number of esters is 1. The lowest BCUT2D eigenvalue weighted by Crippen LogP contribution is -2.66. The molecule has 3 aromatic rings. The molecule has 0 spiro atoms. The molecule has 1 heterocycles. The molecule has 0 aliphatic heterocycles. The lowest BCUT2D eigenvalue weighted by molar-refractivity contribution is 0.0519. The van der Waals surface area contributed by atoms with Crippen LogP contribution in [0.15, 0.2) is 66.7 Å². The van der Waals surface area contributed by atoms with Crippen molar-refractivity contribution in [2.45, 2.75) is 45.8 Å². The van der Waals surface area contributed by atoms with Gasteiger partial charge in [-0.15, -0.1) is 0 Å². The van der Waals surface area contributed by atoms with Gasteiger partial charge in [0.2, 0.25) is 0 Å². The van der Waals surface area contributed by atoms with Crippen LogP contribution in [0.4, 0.5) is 0 Å². The molecule has 0 saturated carbocycles. The number of rotatable bonds is 7. The number of benzene rings is 2. The molecule has 5 nitrogen and oxygen atoms in total. The monoisotopic (exact) mass is 422 g/mol. The Balaban J connectivity index is 2.06. The van der Waals surface area contributed by atoms with Crippen molar-refractivity contribution in [3.05, 3.63) is 78.1 Å². The van der Waals surface area contributed by atoms with Crippen LogP contribution in [-0.4, -0.2) is 31.1 Å². The summed E-state index contributed by atoms with van der Waals surface area (Å²) >= 11 is 0. The molecule has 1 atom stereocenters. The van der Waals surface area contributed by atoms with Crippen LogP contribution in [0, 0.1) is 0 Å². The molecule has 0 radical (unpaired) electrons. The largest absolute Gasteiger partial charge is 0.461 e. The summed E-state index contributed by atoms with van der Waals surface area (Å²) in [5, 5.41) is 9.38. The fraction of sp³-hybridized carbons (Fsp3) is 0.333. The van der Waals surface area contributed by atoms with Crippen LogP contribution in [0.25, 0.3) is 0 Å². The highest BCUT2D eigenvalue weighted by molar-refractivity contribution is 6.99. The summed E-state index contributed by atoms with van der Waals surface area (Å²) in [6.07, 6.45) is -0.285. The molecular weight excluding hydrogens is 392 g/mol. The van der Waals surface area contributed by atoms with Crippen LogP contribution in [0.1, 0.15) is 56.9 Å². The number of nitrogens with zero attached hydrogens (tertiary/aromatic N) is 1. The predicted octanol–water partition coefficient (Wildman–Crippen LogP) is 4.22. The van der Waals surface area contributed by atoms with E-state index in [2.05, 4.69) is 79.5 Å². The number of carbonyl (C=O) groups excluding carboxylic acids is 1. The predicted molar refractivity (Wildman–Crippen MR) is 122 cm³/mol. The maximum absolute atomic E-state index is 12.0. The van der Waals surface area contributed by atoms with E-state index in [-0.39, 0.29) is 16.8 Å². The van der Waals surface area contributed by atoms with Gasteiger partial charge >= 0.3 is 5.97 Å². The molecule has 6 heteroatoms. The first kappa shape index (κ1) is 22.0. The number of hydrogen-bond acceptors (Lipinski definition) is 4. The highest BCUT2D eigenvalue weighted by atomic mass is 28.4. The van der Waals surface area contributed by atoms with Crippen molar-refractivity contribution < 1.29 is 14.0 Å². The summed E-state index contributed by atoms with van der Waals surface area (Å²) in [5.41, 5.74) is 1.02. The second-order valence-electron chi connectivity index (χ2n) is 8.35. The Kier molecular flexibility index (Phi) is 6.58. The van der Waals surface area contributed by atoms with Crippen LogP contribution in [0.2, 0.25) is 5.04 Å². The Morgan fingerprint density at radius 2 is 1.57 bits per heavy atom. The summed E-state index contributed by atoms with van der Waals surface area (Å²) in [7, 11) is -2.69. The van der Waals surface area contributed by atoms with Gasteiger partial charge in [0.25, 0.3) is 8.32 Å². The number of hydrogen-bond donors (Lipinski definition) is 1. The fourth-order valence-electron chi connectivity index (χ4n) is 3.87. The molecule has 0 fully saturated rings. The van der Waals surface area contributed by atoms with Crippen molar-refractivity contribution in [1.82, 2.24) is 10.2 Å². The van der Waals surface area contributed by atoms with Crippen molar-refractivity contribution in [2.75, 3.05) is 6.61 Å². The van der Waals surface area contributed by atoms with Crippen LogP contribution < -0.4 is 10.4 Å². The Labute approximate surface area is 179 Å². The molecule has 0 aliphatic rings. The standard InChI is InChI=1S/C24H30N2O3Si/c1-6-28-23(27)22-17-21(25-26-22)18(2)29-30(24(3,4)5,19-13-9-7-10-14-19)20-15-11-8-12-16-20/h7-18H,6H2,1-5H3,(H,25,26)/t18-/m0/s1. The Morgan fingerprint density at radius 1 is 1.03 bits per heavy atom. The van der Waals surface area contributed by atoms with Crippen molar-refractivity contribution >= 4 is 24.7 Å². The summed E-state index contributed by atoms with van der Waals surface area (Å²) in [6, 6.07) is 22.7. The lowest BCUT2D eigenvalue weighted by Gasteiger charge is -2.44. The van der Waals surface area contributed by atoms with E-state index in [1.54, 1.807) is 13.0 Å². The van der Waals surface area contributed by atoms with Crippen molar-refractivity contribution in [3.8, 4) is 0 Å². The van der Waals surface area contributed by atoms with Gasteiger partial charge in [0.1, 0.15) is 0 Å². The molecule has 2 aromatic carbocycles. The Bertz CT molecular complexity index is 925. The van der Waals surface area contributed by atoms with Crippen molar-refractivity contribution in [1.29, 1.82) is 0 Å². The first-order valence-electron chi connectivity index (χ1n) is 10.3. The third-order valence-corrected chi connectivity index (χ3v) is 10.4. The number of aromatic nitrogens is 2. The molecule has 30 heavy (non-hydrogen) atoms. The molecule has 0 aliphatic carbocycles. The molecule has 3 rings (SSSR count). The van der Waals surface area contributed by atoms with Crippen LogP contribution in [-0.2, 0) is 9.16 Å². The van der Waals surface area contributed by atoms with Crippen LogP contribution >= 0.6 is 0 Å². The maximum Gasteiger partial charge on any atom is 0.358 e. The van der Waals surface area contributed by atoms with E-state index >= 15 is 0 Å². The third-order valence-electron chi connectivity index (χ3n) is 5.29. The molecule has 0 saturated heterocycles. The molecule has 0 bridgehead atoms. The molecule has 158 valence electrons. The Morgan fingerprint density at radius 3 is 2.03 bits per heavy atom. The van der Waals surface area contributed by atoms with E-state index in [1.807, 2.05) is 19.1 Å². The summed E-state index contributed by atoms with van der Waals surface area (Å²) < 4.78 is 12.1. The topological polar surface area (TPSA) is 64.2 Å². The number of ether oxygens (including phenoxy) is 1. The highest BCUT2D eigenvalue weighted by Gasteiger charge is 2.51. The molecular formula is C24H30N2O3Si. The average Bonchev–Trinajstić information content (AvgIpc) is 3.23. The molecule has 0 amide bonds. The van der Waals surface area contributed by atoms with Crippen LogP contribution in [0.5, 0.6) is 0 Å². The summed E-state index contributed by atoms with van der Waals surface area (Å²) in [4.78, 5) is 12.0. The van der Waals surface area contributed by atoms with E-state index in [4.69, 9.17) is 9.16 Å². The normalized spacial score (nSPS) is 13.1. The lowest BCUT2D eigenvalue weighted by atomic mass is 10.2. The zero-order chi connectivity index (χ0) is 21.8. The van der Waals surface area contributed by atoms with Gasteiger partial charge in [-0.25, -0.2) is 4.79 Å². The number of nitrogens with one attached hydrogen (secondary N) is 1. The minimum atomic E-state index is -2.69. The zero-order valence-corrected chi connectivity index (χ0v) is 19.3.